The van der Waals surface area contributed by atoms with Gasteiger partial charge in [0.25, 0.3) is 0 Å². The van der Waals surface area contributed by atoms with E-state index in [1.807, 2.05) is 13.8 Å². The third-order valence-corrected chi connectivity index (χ3v) is 4.75. The Morgan fingerprint density at radius 2 is 2.00 bits per heavy atom. The molecule has 10 heteroatoms. The van der Waals surface area contributed by atoms with Crippen molar-refractivity contribution in [3.8, 4) is 0 Å². The molecule has 0 spiro atoms. The van der Waals surface area contributed by atoms with Crippen molar-refractivity contribution in [2.75, 3.05) is 25.1 Å². The third kappa shape index (κ3) is 7.60. The van der Waals surface area contributed by atoms with Crippen LogP contribution in [0.4, 0.5) is 19.1 Å². The van der Waals surface area contributed by atoms with Crippen molar-refractivity contribution in [2.45, 2.75) is 76.8 Å². The van der Waals surface area contributed by atoms with Gasteiger partial charge in [-0.2, -0.15) is 13.2 Å². The number of hydrogen-bond acceptors (Lipinski definition) is 6. The van der Waals surface area contributed by atoms with Gasteiger partial charge in [0, 0.05) is 24.6 Å². The third-order valence-electron chi connectivity index (χ3n) is 4.75. The number of nitrogens with one attached hydrogen (secondary N) is 2. The molecule has 0 aromatic carbocycles. The van der Waals surface area contributed by atoms with Crippen molar-refractivity contribution in [3.05, 3.63) is 11.8 Å². The lowest BCUT2D eigenvalue weighted by Gasteiger charge is -2.28. The lowest BCUT2D eigenvalue weighted by atomic mass is 9.90. The number of alkyl halides is 3. The summed E-state index contributed by atoms with van der Waals surface area (Å²) in [6.45, 7) is 7.55. The molecule has 1 amide bonds. The van der Waals surface area contributed by atoms with Gasteiger partial charge in [0.2, 0.25) is 11.8 Å². The Bertz CT molecular complexity index is 668. The average molecular weight is 421 g/mol. The van der Waals surface area contributed by atoms with Crippen molar-refractivity contribution in [1.29, 1.82) is 0 Å². The van der Waals surface area contributed by atoms with Crippen LogP contribution < -0.4 is 10.6 Å². The molecule has 1 aliphatic heterocycles. The predicted molar refractivity (Wildman–Crippen MR) is 100 cm³/mol. The van der Waals surface area contributed by atoms with Crippen LogP contribution in [0.15, 0.2) is 10.6 Å². The predicted octanol–water partition coefficient (Wildman–Crippen LogP) is 3.75. The summed E-state index contributed by atoms with van der Waals surface area (Å²) < 4.78 is 53.5. The average Bonchev–Trinajstić information content (AvgIpc) is 3.09. The second-order valence-corrected chi connectivity index (χ2v) is 8.44. The minimum Gasteiger partial charge on any atom is -0.353 e. The van der Waals surface area contributed by atoms with Crippen molar-refractivity contribution in [2.24, 2.45) is 0 Å². The molecule has 2 N–H and O–H groups in total. The highest BCUT2D eigenvalue weighted by Crippen LogP contribution is 2.27. The summed E-state index contributed by atoms with van der Waals surface area (Å²) in [6.07, 6.45) is -2.57. The Kier molecular flexibility index (Phi) is 7.69. The zero-order valence-corrected chi connectivity index (χ0v) is 17.3. The second-order valence-electron chi connectivity index (χ2n) is 8.44. The minimum atomic E-state index is -4.28. The molecular weight excluding hydrogens is 391 g/mol. The summed E-state index contributed by atoms with van der Waals surface area (Å²) in [7, 11) is 0. The molecule has 1 unspecified atom stereocenters. The van der Waals surface area contributed by atoms with E-state index >= 15 is 0 Å². The highest BCUT2D eigenvalue weighted by atomic mass is 19.4. The molecule has 29 heavy (non-hydrogen) atoms. The van der Waals surface area contributed by atoms with Gasteiger partial charge in [0.05, 0.1) is 24.3 Å². The molecule has 166 valence electrons. The molecule has 1 aromatic heterocycles. The number of ether oxygens (including phenoxy) is 2. The van der Waals surface area contributed by atoms with Gasteiger partial charge >= 0.3 is 6.18 Å². The maximum Gasteiger partial charge on any atom is 0.390 e. The quantitative estimate of drug-likeness (QED) is 0.632. The number of amides is 1. The Morgan fingerprint density at radius 3 is 2.62 bits per heavy atom. The normalized spacial score (nSPS) is 18.7. The van der Waals surface area contributed by atoms with E-state index in [1.165, 1.54) is 13.8 Å². The van der Waals surface area contributed by atoms with Crippen molar-refractivity contribution in [1.82, 2.24) is 10.5 Å². The summed E-state index contributed by atoms with van der Waals surface area (Å²) in [5.74, 6) is -0.398. The standard InChI is InChI=1S/C19H30F3N3O4/c1-17(2,12-28-15-7-5-6-10-27-15)13-11-14(29-25-13)24-16(26)18(3,4)23-9-8-19(20,21)22/h11,15,23H,5-10,12H2,1-4H3,(H,24,26). The molecule has 2 rings (SSSR count). The summed E-state index contributed by atoms with van der Waals surface area (Å²) >= 11 is 0. The van der Waals surface area contributed by atoms with Crippen molar-refractivity contribution >= 4 is 11.8 Å². The van der Waals surface area contributed by atoms with Gasteiger partial charge < -0.3 is 19.3 Å². The zero-order chi connectivity index (χ0) is 21.7. The monoisotopic (exact) mass is 421 g/mol. The molecule has 2 heterocycles. The van der Waals surface area contributed by atoms with Crippen LogP contribution in [0.3, 0.4) is 0 Å². The fourth-order valence-electron chi connectivity index (χ4n) is 2.74. The Hall–Kier alpha value is -1.65. The number of aromatic nitrogens is 1. The van der Waals surface area contributed by atoms with E-state index in [4.69, 9.17) is 14.0 Å². The first kappa shape index (κ1) is 23.6. The molecule has 1 atom stereocenters. The van der Waals surface area contributed by atoms with E-state index in [2.05, 4.69) is 15.8 Å². The fraction of sp³-hybridized carbons (Fsp3) is 0.789. The Balaban J connectivity index is 1.88. The van der Waals surface area contributed by atoms with Crippen LogP contribution in [0.2, 0.25) is 0 Å². The van der Waals surface area contributed by atoms with E-state index in [1.54, 1.807) is 6.07 Å². The SMILES string of the molecule is CC(C)(NCCC(F)(F)F)C(=O)Nc1cc(C(C)(C)COC2CCCCO2)no1. The number of carbonyl (C=O) groups is 1. The van der Waals surface area contributed by atoms with E-state index in [0.29, 0.717) is 18.9 Å². The van der Waals surface area contributed by atoms with E-state index in [9.17, 15) is 18.0 Å². The number of rotatable bonds is 9. The molecule has 1 fully saturated rings. The molecule has 1 aliphatic rings. The van der Waals surface area contributed by atoms with E-state index in [-0.39, 0.29) is 18.7 Å². The maximum absolute atomic E-state index is 12.4. The molecule has 1 aromatic rings. The lowest BCUT2D eigenvalue weighted by Crippen LogP contribution is -2.50. The smallest absolute Gasteiger partial charge is 0.353 e. The molecule has 7 nitrogen and oxygen atoms in total. The topological polar surface area (TPSA) is 85.6 Å². The van der Waals surface area contributed by atoms with Crippen LogP contribution in [-0.4, -0.2) is 48.8 Å². The zero-order valence-electron chi connectivity index (χ0n) is 17.3. The second kappa shape index (κ2) is 9.44. The molecule has 0 saturated carbocycles. The number of hydrogen-bond donors (Lipinski definition) is 2. The summed E-state index contributed by atoms with van der Waals surface area (Å²) in [6, 6.07) is 1.59. The summed E-state index contributed by atoms with van der Waals surface area (Å²) in [5.41, 5.74) is -1.10. The molecule has 0 bridgehead atoms. The van der Waals surface area contributed by atoms with Crippen molar-refractivity contribution in [3.63, 3.8) is 0 Å². The fourth-order valence-corrected chi connectivity index (χ4v) is 2.74. The molecule has 1 saturated heterocycles. The first-order valence-corrected chi connectivity index (χ1v) is 9.73. The van der Waals surface area contributed by atoms with E-state index in [0.717, 1.165) is 19.3 Å². The Morgan fingerprint density at radius 1 is 1.28 bits per heavy atom. The highest BCUT2D eigenvalue weighted by molar-refractivity contribution is 5.96. The van der Waals surface area contributed by atoms with Crippen LogP contribution in [0.5, 0.6) is 0 Å². The minimum absolute atomic E-state index is 0.123. The van der Waals surface area contributed by atoms with Gasteiger partial charge in [-0.25, -0.2) is 0 Å². The number of anilines is 1. The Labute approximate surface area is 168 Å². The van der Waals surface area contributed by atoms with Crippen LogP contribution >= 0.6 is 0 Å². The summed E-state index contributed by atoms with van der Waals surface area (Å²) in [4.78, 5) is 12.4. The summed E-state index contributed by atoms with van der Waals surface area (Å²) in [5, 5.41) is 9.15. The van der Waals surface area contributed by atoms with Crippen LogP contribution in [0, 0.1) is 0 Å². The van der Waals surface area contributed by atoms with Crippen LogP contribution in [-0.2, 0) is 19.7 Å². The van der Waals surface area contributed by atoms with Crippen LogP contribution in [0.25, 0.3) is 0 Å². The molecular formula is C19H30F3N3O4. The largest absolute Gasteiger partial charge is 0.390 e. The number of carbonyl (C=O) groups excluding carboxylic acids is 1. The maximum atomic E-state index is 12.4. The number of nitrogens with zero attached hydrogens (tertiary/aromatic N) is 1. The van der Waals surface area contributed by atoms with Crippen LogP contribution in [0.1, 0.15) is 59.1 Å². The number of halogens is 3. The van der Waals surface area contributed by atoms with Gasteiger partial charge in [0.1, 0.15) is 0 Å². The van der Waals surface area contributed by atoms with Gasteiger partial charge in [-0.05, 0) is 33.1 Å². The van der Waals surface area contributed by atoms with Crippen molar-refractivity contribution < 1.29 is 32.0 Å². The molecule has 0 radical (unpaired) electrons. The van der Waals surface area contributed by atoms with Gasteiger partial charge in [-0.1, -0.05) is 19.0 Å². The lowest BCUT2D eigenvalue weighted by molar-refractivity contribution is -0.170. The molecule has 0 aliphatic carbocycles. The van der Waals surface area contributed by atoms with E-state index < -0.39 is 29.5 Å². The van der Waals surface area contributed by atoms with Gasteiger partial charge in [0.15, 0.2) is 6.29 Å². The first-order valence-electron chi connectivity index (χ1n) is 9.73. The van der Waals surface area contributed by atoms with Gasteiger partial charge in [-0.15, -0.1) is 0 Å². The first-order chi connectivity index (χ1) is 13.4. The highest BCUT2D eigenvalue weighted by Gasteiger charge is 2.33. The van der Waals surface area contributed by atoms with Gasteiger partial charge in [-0.3, -0.25) is 10.1 Å².